The molecule has 1 aromatic heterocycles. The Morgan fingerprint density at radius 2 is 1.91 bits per heavy atom. The van der Waals surface area contributed by atoms with Gasteiger partial charge in [-0.25, -0.2) is 4.98 Å². The molecular weight excluding hydrogens is 333 g/mol. The molecule has 4 N–H and O–H groups in total. The van der Waals surface area contributed by atoms with Gasteiger partial charge in [0.25, 0.3) is 0 Å². The average Bonchev–Trinajstić information content (AvgIpc) is 2.83. The van der Waals surface area contributed by atoms with E-state index in [4.69, 9.17) is 27.9 Å². The molecule has 0 bridgehead atoms. The van der Waals surface area contributed by atoms with Crippen LogP contribution in [-0.4, -0.2) is 56.8 Å². The molecule has 4 atom stereocenters. The summed E-state index contributed by atoms with van der Waals surface area (Å²) in [7, 11) is 1.67. The van der Waals surface area contributed by atoms with Gasteiger partial charge in [0, 0.05) is 7.05 Å². The molecule has 3 rings (SSSR count). The van der Waals surface area contributed by atoms with E-state index in [-0.39, 0.29) is 6.61 Å². The molecule has 0 aliphatic carbocycles. The molecule has 1 fully saturated rings. The van der Waals surface area contributed by atoms with E-state index in [0.717, 1.165) is 0 Å². The number of aromatic nitrogens is 2. The molecule has 9 heteroatoms. The molecule has 1 aliphatic heterocycles. The molecule has 0 spiro atoms. The molecule has 7 nitrogen and oxygen atoms in total. The summed E-state index contributed by atoms with van der Waals surface area (Å²) < 4.78 is 7.07. The van der Waals surface area contributed by atoms with Crippen LogP contribution >= 0.6 is 23.2 Å². The van der Waals surface area contributed by atoms with Crippen molar-refractivity contribution in [1.82, 2.24) is 9.55 Å². The number of nitrogens with zero attached hydrogens (tertiary/aromatic N) is 2. The highest BCUT2D eigenvalue weighted by Gasteiger charge is 2.40. The van der Waals surface area contributed by atoms with Gasteiger partial charge in [-0.2, -0.15) is 0 Å². The van der Waals surface area contributed by atoms with E-state index in [0.29, 0.717) is 27.0 Å². The second-order valence-electron chi connectivity index (χ2n) is 5.08. The second kappa shape index (κ2) is 5.84. The molecule has 1 aromatic carbocycles. The highest BCUT2D eigenvalue weighted by Crippen LogP contribution is 2.35. The van der Waals surface area contributed by atoms with Gasteiger partial charge in [-0.3, -0.25) is 4.57 Å². The number of anilines is 1. The Morgan fingerprint density at radius 3 is 2.59 bits per heavy atom. The quantitative estimate of drug-likeness (QED) is 0.646. The Balaban J connectivity index is 2.15. The van der Waals surface area contributed by atoms with Crippen molar-refractivity contribution in [3.8, 4) is 0 Å². The third-order valence-electron chi connectivity index (χ3n) is 3.68. The van der Waals surface area contributed by atoms with E-state index in [1.807, 2.05) is 0 Å². The predicted molar refractivity (Wildman–Crippen MR) is 82.3 cm³/mol. The molecule has 2 heterocycles. The van der Waals surface area contributed by atoms with Crippen molar-refractivity contribution in [3.63, 3.8) is 0 Å². The number of rotatable bonds is 2. The Morgan fingerprint density at radius 1 is 1.23 bits per heavy atom. The lowest BCUT2D eigenvalue weighted by Gasteiger charge is -2.36. The first-order valence-electron chi connectivity index (χ1n) is 6.64. The normalized spacial score (nSPS) is 29.0. The van der Waals surface area contributed by atoms with Crippen LogP contribution in [0, 0.1) is 0 Å². The highest BCUT2D eigenvalue weighted by atomic mass is 35.5. The van der Waals surface area contributed by atoms with Crippen LogP contribution in [0.15, 0.2) is 12.1 Å². The average molecular weight is 348 g/mol. The lowest BCUT2D eigenvalue weighted by Crippen LogP contribution is -2.50. The minimum absolute atomic E-state index is 0.104. The predicted octanol–water partition coefficient (Wildman–Crippen LogP) is 0.996. The maximum Gasteiger partial charge on any atom is 0.205 e. The van der Waals surface area contributed by atoms with E-state index >= 15 is 0 Å². The Labute approximate surface area is 136 Å². The van der Waals surface area contributed by atoms with Crippen LogP contribution in [0.5, 0.6) is 0 Å². The fraction of sp³-hybridized carbons (Fsp3) is 0.462. The van der Waals surface area contributed by atoms with Crippen molar-refractivity contribution in [1.29, 1.82) is 0 Å². The SMILES string of the molecule is CNc1nc2cc(Cl)c(Cl)cc2n1C1OC[C@@H](O)[C@H](O)[C@@H]1O. The maximum absolute atomic E-state index is 10.2. The number of ether oxygens (including phenoxy) is 1. The van der Waals surface area contributed by atoms with Crippen molar-refractivity contribution in [2.24, 2.45) is 0 Å². The van der Waals surface area contributed by atoms with Crippen molar-refractivity contribution in [2.75, 3.05) is 19.0 Å². The van der Waals surface area contributed by atoms with E-state index in [9.17, 15) is 15.3 Å². The monoisotopic (exact) mass is 347 g/mol. The van der Waals surface area contributed by atoms with Crippen LogP contribution in [0.1, 0.15) is 6.23 Å². The van der Waals surface area contributed by atoms with Crippen LogP contribution in [0.3, 0.4) is 0 Å². The molecule has 2 aromatic rings. The Kier molecular flexibility index (Phi) is 4.19. The molecule has 1 aliphatic rings. The zero-order valence-corrected chi connectivity index (χ0v) is 13.1. The first-order chi connectivity index (χ1) is 10.4. The zero-order valence-electron chi connectivity index (χ0n) is 11.6. The van der Waals surface area contributed by atoms with Gasteiger partial charge in [0.1, 0.15) is 18.3 Å². The summed E-state index contributed by atoms with van der Waals surface area (Å²) in [4.78, 5) is 4.36. The van der Waals surface area contributed by atoms with E-state index in [1.165, 1.54) is 0 Å². The minimum atomic E-state index is -1.32. The van der Waals surface area contributed by atoms with Crippen LogP contribution in [0.2, 0.25) is 10.0 Å². The van der Waals surface area contributed by atoms with E-state index in [2.05, 4.69) is 10.3 Å². The molecule has 0 radical (unpaired) electrons. The van der Waals surface area contributed by atoms with Crippen LogP contribution in [0.4, 0.5) is 5.95 Å². The third-order valence-corrected chi connectivity index (χ3v) is 4.41. The number of imidazole rings is 1. The Bertz CT molecular complexity index is 708. The van der Waals surface area contributed by atoms with Gasteiger partial charge in [0.15, 0.2) is 6.23 Å². The number of hydrogen-bond acceptors (Lipinski definition) is 6. The number of aliphatic hydroxyl groups excluding tert-OH is 3. The van der Waals surface area contributed by atoms with Crippen LogP contribution in [-0.2, 0) is 4.74 Å². The number of nitrogens with one attached hydrogen (secondary N) is 1. The van der Waals surface area contributed by atoms with Gasteiger partial charge in [0.05, 0.1) is 27.7 Å². The van der Waals surface area contributed by atoms with Gasteiger partial charge in [-0.15, -0.1) is 0 Å². The largest absolute Gasteiger partial charge is 0.388 e. The summed E-state index contributed by atoms with van der Waals surface area (Å²) >= 11 is 12.0. The Hall–Kier alpha value is -1.09. The van der Waals surface area contributed by atoms with Gasteiger partial charge in [-0.05, 0) is 12.1 Å². The fourth-order valence-corrected chi connectivity index (χ4v) is 2.86. The summed E-state index contributed by atoms with van der Waals surface area (Å²) in [5, 5.41) is 33.2. The van der Waals surface area contributed by atoms with Crippen molar-refractivity contribution in [2.45, 2.75) is 24.5 Å². The second-order valence-corrected chi connectivity index (χ2v) is 5.90. The van der Waals surface area contributed by atoms with Crippen molar-refractivity contribution in [3.05, 3.63) is 22.2 Å². The molecule has 1 unspecified atom stereocenters. The smallest absolute Gasteiger partial charge is 0.205 e. The molecule has 1 saturated heterocycles. The number of fused-ring (bicyclic) bond motifs is 1. The van der Waals surface area contributed by atoms with Gasteiger partial charge in [-0.1, -0.05) is 23.2 Å². The number of aliphatic hydroxyl groups is 3. The fourth-order valence-electron chi connectivity index (χ4n) is 2.54. The molecule has 120 valence electrons. The topological polar surface area (TPSA) is 99.8 Å². The minimum Gasteiger partial charge on any atom is -0.388 e. The molecular formula is C13H15Cl2N3O4. The first kappa shape index (κ1) is 15.8. The maximum atomic E-state index is 10.2. The van der Waals surface area contributed by atoms with E-state index in [1.54, 1.807) is 23.7 Å². The lowest BCUT2D eigenvalue weighted by molar-refractivity contribution is -0.209. The highest BCUT2D eigenvalue weighted by molar-refractivity contribution is 6.42. The number of halogens is 2. The summed E-state index contributed by atoms with van der Waals surface area (Å²) in [6.07, 6.45) is -4.69. The molecule has 0 saturated carbocycles. The third kappa shape index (κ3) is 2.44. The number of benzene rings is 1. The van der Waals surface area contributed by atoms with Crippen molar-refractivity contribution >= 4 is 40.2 Å². The summed E-state index contributed by atoms with van der Waals surface area (Å²) in [6.45, 7) is -0.104. The zero-order chi connectivity index (χ0) is 16.0. The summed E-state index contributed by atoms with van der Waals surface area (Å²) in [5.74, 6) is 0.418. The molecule has 0 amide bonds. The lowest BCUT2D eigenvalue weighted by atomic mass is 10.0. The van der Waals surface area contributed by atoms with Crippen LogP contribution in [0.25, 0.3) is 11.0 Å². The van der Waals surface area contributed by atoms with E-state index < -0.39 is 24.5 Å². The number of hydrogen-bond donors (Lipinski definition) is 4. The molecule has 22 heavy (non-hydrogen) atoms. The van der Waals surface area contributed by atoms with Gasteiger partial charge < -0.3 is 25.4 Å². The van der Waals surface area contributed by atoms with Gasteiger partial charge in [0.2, 0.25) is 5.95 Å². The van der Waals surface area contributed by atoms with Crippen LogP contribution < -0.4 is 5.32 Å². The first-order valence-corrected chi connectivity index (χ1v) is 7.40. The van der Waals surface area contributed by atoms with Gasteiger partial charge >= 0.3 is 0 Å². The summed E-state index contributed by atoms with van der Waals surface area (Å²) in [6, 6.07) is 3.22. The van der Waals surface area contributed by atoms with Crippen molar-refractivity contribution < 1.29 is 20.1 Å². The standard InChI is InChI=1S/C13H15Cl2N3O4/c1-16-13-17-7-2-5(14)6(15)3-8(7)18(13)12-11(21)10(20)9(19)4-22-12/h2-3,9-12,19-21H,4H2,1H3,(H,16,17)/t9-,10+,11+,12?/m1/s1. The summed E-state index contributed by atoms with van der Waals surface area (Å²) in [5.41, 5.74) is 1.15.